The van der Waals surface area contributed by atoms with E-state index in [0.29, 0.717) is 11.4 Å². The maximum Gasteiger partial charge on any atom is 0.243 e. The van der Waals surface area contributed by atoms with Crippen LogP contribution in [0.4, 0.5) is 0 Å². The molecule has 3 nitrogen and oxygen atoms in total. The standard InChI is InChI=1S/C17H21NO2S/c1-2-16-9-5-6-12-18(16)21(19,20)17-11-10-14-7-3-4-8-15(14)13-17/h3-4,7-8,10-11,13,16H,2,5-6,9,12H2,1H3/t16-/m0/s1. The van der Waals surface area contributed by atoms with Gasteiger partial charge in [0.15, 0.2) is 0 Å². The quantitative estimate of drug-likeness (QED) is 0.865. The molecule has 0 amide bonds. The van der Waals surface area contributed by atoms with E-state index >= 15 is 0 Å². The van der Waals surface area contributed by atoms with Crippen molar-refractivity contribution in [3.8, 4) is 0 Å². The van der Waals surface area contributed by atoms with Crippen molar-refractivity contribution in [1.82, 2.24) is 4.31 Å². The highest BCUT2D eigenvalue weighted by Crippen LogP contribution is 2.28. The van der Waals surface area contributed by atoms with Crippen molar-refractivity contribution >= 4 is 20.8 Å². The molecular formula is C17H21NO2S. The number of benzene rings is 2. The Morgan fingerprint density at radius 2 is 1.86 bits per heavy atom. The third kappa shape index (κ3) is 2.70. The van der Waals surface area contributed by atoms with Crippen LogP contribution in [-0.4, -0.2) is 25.3 Å². The number of hydrogen-bond acceptors (Lipinski definition) is 2. The van der Waals surface area contributed by atoms with Gasteiger partial charge in [-0.15, -0.1) is 0 Å². The highest BCUT2D eigenvalue weighted by molar-refractivity contribution is 7.89. The van der Waals surface area contributed by atoms with Crippen molar-refractivity contribution in [2.45, 2.75) is 43.5 Å². The van der Waals surface area contributed by atoms with E-state index in [-0.39, 0.29) is 6.04 Å². The summed E-state index contributed by atoms with van der Waals surface area (Å²) in [6.45, 7) is 2.71. The first kappa shape index (κ1) is 14.5. The van der Waals surface area contributed by atoms with Crippen LogP contribution < -0.4 is 0 Å². The summed E-state index contributed by atoms with van der Waals surface area (Å²) < 4.78 is 27.6. The zero-order chi connectivity index (χ0) is 14.9. The van der Waals surface area contributed by atoms with Crippen LogP contribution in [0.2, 0.25) is 0 Å². The summed E-state index contributed by atoms with van der Waals surface area (Å²) >= 11 is 0. The second-order valence-corrected chi connectivity index (χ2v) is 7.57. The highest BCUT2D eigenvalue weighted by Gasteiger charge is 2.32. The normalized spacial score (nSPS) is 20.7. The Labute approximate surface area is 126 Å². The molecule has 0 bridgehead atoms. The minimum absolute atomic E-state index is 0.148. The number of nitrogens with zero attached hydrogens (tertiary/aromatic N) is 1. The number of sulfonamides is 1. The summed E-state index contributed by atoms with van der Waals surface area (Å²) in [5, 5.41) is 2.05. The van der Waals surface area contributed by atoms with Gasteiger partial charge in [0.1, 0.15) is 0 Å². The summed E-state index contributed by atoms with van der Waals surface area (Å²) in [6.07, 6.45) is 3.95. The minimum Gasteiger partial charge on any atom is -0.207 e. The van der Waals surface area contributed by atoms with Crippen LogP contribution in [-0.2, 0) is 10.0 Å². The smallest absolute Gasteiger partial charge is 0.207 e. The molecule has 21 heavy (non-hydrogen) atoms. The van der Waals surface area contributed by atoms with Gasteiger partial charge in [-0.2, -0.15) is 4.31 Å². The molecule has 0 spiro atoms. The third-order valence-corrected chi connectivity index (χ3v) is 6.32. The monoisotopic (exact) mass is 303 g/mol. The van der Waals surface area contributed by atoms with E-state index in [0.717, 1.165) is 36.5 Å². The largest absolute Gasteiger partial charge is 0.243 e. The topological polar surface area (TPSA) is 37.4 Å². The van der Waals surface area contributed by atoms with Crippen molar-refractivity contribution in [3.63, 3.8) is 0 Å². The number of piperidine rings is 1. The Bertz CT molecular complexity index is 739. The lowest BCUT2D eigenvalue weighted by Crippen LogP contribution is -2.43. The molecule has 0 N–H and O–H groups in total. The summed E-state index contributed by atoms with van der Waals surface area (Å²) in [5.41, 5.74) is 0. The molecule has 2 aromatic rings. The van der Waals surface area contributed by atoms with Crippen molar-refractivity contribution < 1.29 is 8.42 Å². The van der Waals surface area contributed by atoms with Crippen molar-refractivity contribution in [2.24, 2.45) is 0 Å². The molecule has 1 atom stereocenters. The Balaban J connectivity index is 2.02. The lowest BCUT2D eigenvalue weighted by Gasteiger charge is -2.34. The van der Waals surface area contributed by atoms with Crippen molar-refractivity contribution in [3.05, 3.63) is 42.5 Å². The molecule has 2 aromatic carbocycles. The lowest BCUT2D eigenvalue weighted by molar-refractivity contribution is 0.246. The molecule has 0 aliphatic carbocycles. The molecule has 0 unspecified atom stereocenters. The Hall–Kier alpha value is -1.39. The van der Waals surface area contributed by atoms with Crippen molar-refractivity contribution in [1.29, 1.82) is 0 Å². The number of hydrogen-bond donors (Lipinski definition) is 0. The maximum atomic E-state index is 12.9. The van der Waals surface area contributed by atoms with E-state index < -0.39 is 10.0 Å². The number of rotatable bonds is 3. The van der Waals surface area contributed by atoms with Crippen LogP contribution in [0, 0.1) is 0 Å². The van der Waals surface area contributed by atoms with E-state index in [1.807, 2.05) is 30.3 Å². The Morgan fingerprint density at radius 3 is 2.62 bits per heavy atom. The Morgan fingerprint density at radius 1 is 1.10 bits per heavy atom. The van der Waals surface area contributed by atoms with Gasteiger partial charge < -0.3 is 0 Å². The third-order valence-electron chi connectivity index (χ3n) is 4.37. The average Bonchev–Trinajstić information content (AvgIpc) is 2.54. The van der Waals surface area contributed by atoms with Crippen LogP contribution in [0.1, 0.15) is 32.6 Å². The zero-order valence-corrected chi connectivity index (χ0v) is 13.1. The second-order valence-electron chi connectivity index (χ2n) is 5.68. The molecule has 112 valence electrons. The average molecular weight is 303 g/mol. The second kappa shape index (κ2) is 5.78. The van der Waals surface area contributed by atoms with Gasteiger partial charge in [-0.05, 0) is 42.2 Å². The van der Waals surface area contributed by atoms with Crippen LogP contribution in [0.25, 0.3) is 10.8 Å². The van der Waals surface area contributed by atoms with E-state index in [4.69, 9.17) is 0 Å². The van der Waals surface area contributed by atoms with Crippen LogP contribution in [0.15, 0.2) is 47.4 Å². The summed E-state index contributed by atoms with van der Waals surface area (Å²) in [6, 6.07) is 13.4. The van der Waals surface area contributed by atoms with Gasteiger partial charge >= 0.3 is 0 Å². The molecule has 0 saturated carbocycles. The molecule has 0 radical (unpaired) electrons. The molecule has 1 saturated heterocycles. The van der Waals surface area contributed by atoms with Gasteiger partial charge in [0.05, 0.1) is 4.90 Å². The lowest BCUT2D eigenvalue weighted by atomic mass is 10.0. The van der Waals surface area contributed by atoms with E-state index in [2.05, 4.69) is 6.92 Å². The van der Waals surface area contributed by atoms with E-state index in [9.17, 15) is 8.42 Å². The first-order valence-electron chi connectivity index (χ1n) is 7.63. The first-order chi connectivity index (χ1) is 10.1. The van der Waals surface area contributed by atoms with Gasteiger partial charge in [-0.3, -0.25) is 0 Å². The molecule has 1 heterocycles. The van der Waals surface area contributed by atoms with Crippen LogP contribution >= 0.6 is 0 Å². The van der Waals surface area contributed by atoms with Crippen molar-refractivity contribution in [2.75, 3.05) is 6.54 Å². The number of fused-ring (bicyclic) bond motifs is 1. The summed E-state index contributed by atoms with van der Waals surface area (Å²) in [4.78, 5) is 0.418. The predicted molar refractivity (Wildman–Crippen MR) is 85.8 cm³/mol. The minimum atomic E-state index is -3.38. The fraction of sp³-hybridized carbons (Fsp3) is 0.412. The fourth-order valence-electron chi connectivity index (χ4n) is 3.16. The summed E-state index contributed by atoms with van der Waals surface area (Å²) in [5.74, 6) is 0. The molecule has 1 aliphatic heterocycles. The molecule has 1 fully saturated rings. The maximum absolute atomic E-state index is 12.9. The zero-order valence-electron chi connectivity index (χ0n) is 12.3. The summed E-state index contributed by atoms with van der Waals surface area (Å²) in [7, 11) is -3.38. The molecule has 3 rings (SSSR count). The molecule has 1 aliphatic rings. The molecule has 0 aromatic heterocycles. The Kier molecular flexibility index (Phi) is 4.00. The van der Waals surface area contributed by atoms with Gasteiger partial charge in [-0.1, -0.05) is 43.7 Å². The van der Waals surface area contributed by atoms with Gasteiger partial charge in [0.2, 0.25) is 10.0 Å². The van der Waals surface area contributed by atoms with Crippen LogP contribution in [0.3, 0.4) is 0 Å². The molecule has 4 heteroatoms. The van der Waals surface area contributed by atoms with E-state index in [1.165, 1.54) is 0 Å². The molecular weight excluding hydrogens is 282 g/mol. The van der Waals surface area contributed by atoms with E-state index in [1.54, 1.807) is 16.4 Å². The fourth-order valence-corrected chi connectivity index (χ4v) is 4.96. The first-order valence-corrected chi connectivity index (χ1v) is 9.07. The predicted octanol–water partition coefficient (Wildman–Crippen LogP) is 3.79. The van der Waals surface area contributed by atoms with Crippen LogP contribution in [0.5, 0.6) is 0 Å². The van der Waals surface area contributed by atoms with Gasteiger partial charge in [-0.25, -0.2) is 8.42 Å². The van der Waals surface area contributed by atoms with Gasteiger partial charge in [0.25, 0.3) is 0 Å². The van der Waals surface area contributed by atoms with Gasteiger partial charge in [0, 0.05) is 12.6 Å². The highest BCUT2D eigenvalue weighted by atomic mass is 32.2. The SMILES string of the molecule is CC[C@H]1CCCCN1S(=O)(=O)c1ccc2ccccc2c1.